The molecule has 0 aliphatic carbocycles. The molecule has 1 saturated heterocycles. The van der Waals surface area contributed by atoms with E-state index in [1.165, 1.54) is 17.0 Å². The van der Waals surface area contributed by atoms with Gasteiger partial charge >= 0.3 is 0 Å². The summed E-state index contributed by atoms with van der Waals surface area (Å²) in [6.07, 6.45) is 2.80. The molecule has 1 aliphatic heterocycles. The Bertz CT molecular complexity index is 1090. The second kappa shape index (κ2) is 8.50. The Morgan fingerprint density at radius 2 is 2.00 bits per heavy atom. The van der Waals surface area contributed by atoms with Gasteiger partial charge in [0.1, 0.15) is 23.9 Å². The molecule has 156 valence electrons. The number of hydrogen-bond acceptors (Lipinski definition) is 8. The number of ether oxygens (including phenoxy) is 3. The van der Waals surface area contributed by atoms with E-state index in [1.54, 1.807) is 33.5 Å². The van der Waals surface area contributed by atoms with Gasteiger partial charge in [0.15, 0.2) is 0 Å². The van der Waals surface area contributed by atoms with Gasteiger partial charge in [-0.25, -0.2) is 15.0 Å². The third-order valence-electron chi connectivity index (χ3n) is 5.09. The largest absolute Gasteiger partial charge is 0.497 e. The summed E-state index contributed by atoms with van der Waals surface area (Å²) in [6, 6.07) is 8.83. The highest BCUT2D eigenvalue weighted by atomic mass is 16.5. The average molecular weight is 409 g/mol. The van der Waals surface area contributed by atoms with Crippen molar-refractivity contribution in [3.05, 3.63) is 58.8 Å². The molecule has 0 spiro atoms. The lowest BCUT2D eigenvalue weighted by Gasteiger charge is -2.35. The molecule has 0 bridgehead atoms. The van der Waals surface area contributed by atoms with Gasteiger partial charge in [0, 0.05) is 31.4 Å². The van der Waals surface area contributed by atoms with Crippen molar-refractivity contribution in [1.29, 1.82) is 0 Å². The first-order valence-corrected chi connectivity index (χ1v) is 9.53. The Balaban J connectivity index is 1.69. The third-order valence-corrected chi connectivity index (χ3v) is 5.09. The van der Waals surface area contributed by atoms with Crippen LogP contribution in [0.2, 0.25) is 0 Å². The molecule has 3 heterocycles. The number of benzene rings is 1. The van der Waals surface area contributed by atoms with Gasteiger partial charge in [-0.15, -0.1) is 0 Å². The molecule has 1 unspecified atom stereocenters. The standard InChI is InChI=1S/C21H23N5O4/c1-25-20(27)11-17(16-6-7-22-13-23-16)24-21(25)26-8-9-30-19(12-26)15-10-14(28-2)4-5-18(15)29-3/h4-7,10-11,13,19H,8-9,12H2,1-3H3. The highest BCUT2D eigenvalue weighted by Crippen LogP contribution is 2.34. The van der Waals surface area contributed by atoms with E-state index < -0.39 is 0 Å². The Morgan fingerprint density at radius 3 is 2.73 bits per heavy atom. The fourth-order valence-corrected chi connectivity index (χ4v) is 3.49. The fraction of sp³-hybridized carbons (Fsp3) is 0.333. The fourth-order valence-electron chi connectivity index (χ4n) is 3.49. The Labute approximate surface area is 173 Å². The van der Waals surface area contributed by atoms with Gasteiger partial charge in [0.2, 0.25) is 5.95 Å². The van der Waals surface area contributed by atoms with Crippen molar-refractivity contribution in [2.45, 2.75) is 6.10 Å². The number of anilines is 1. The zero-order valence-electron chi connectivity index (χ0n) is 17.1. The molecule has 0 N–H and O–H groups in total. The van der Waals surface area contributed by atoms with E-state index in [0.29, 0.717) is 37.0 Å². The van der Waals surface area contributed by atoms with Crippen molar-refractivity contribution in [3.63, 3.8) is 0 Å². The molecule has 1 aliphatic rings. The monoisotopic (exact) mass is 409 g/mol. The summed E-state index contributed by atoms with van der Waals surface area (Å²) in [6.45, 7) is 1.60. The SMILES string of the molecule is COc1ccc(OC)c(C2CN(c3nc(-c4ccncn4)cc(=O)n3C)CCO2)c1. The number of nitrogens with zero attached hydrogens (tertiary/aromatic N) is 5. The molecule has 30 heavy (non-hydrogen) atoms. The number of methoxy groups -OCH3 is 2. The zero-order chi connectivity index (χ0) is 21.1. The molecule has 4 rings (SSSR count). The predicted molar refractivity (Wildman–Crippen MR) is 111 cm³/mol. The van der Waals surface area contributed by atoms with Crippen molar-refractivity contribution < 1.29 is 14.2 Å². The van der Waals surface area contributed by atoms with E-state index in [2.05, 4.69) is 9.97 Å². The van der Waals surface area contributed by atoms with Crippen LogP contribution in [0.15, 0.2) is 47.7 Å². The maximum Gasteiger partial charge on any atom is 0.255 e. The van der Waals surface area contributed by atoms with Crippen LogP contribution in [0.5, 0.6) is 11.5 Å². The van der Waals surface area contributed by atoms with Crippen molar-refractivity contribution >= 4 is 5.95 Å². The van der Waals surface area contributed by atoms with Gasteiger partial charge in [0.05, 0.1) is 38.8 Å². The summed E-state index contributed by atoms with van der Waals surface area (Å²) in [5.74, 6) is 2.01. The lowest BCUT2D eigenvalue weighted by molar-refractivity contribution is 0.0373. The van der Waals surface area contributed by atoms with Crippen LogP contribution in [0, 0.1) is 0 Å². The first kappa shape index (κ1) is 19.8. The van der Waals surface area contributed by atoms with Crippen molar-refractivity contribution in [3.8, 4) is 22.9 Å². The first-order valence-electron chi connectivity index (χ1n) is 9.53. The molecule has 0 saturated carbocycles. The molecule has 9 heteroatoms. The normalized spacial score (nSPS) is 16.4. The Kier molecular flexibility index (Phi) is 5.62. The van der Waals surface area contributed by atoms with E-state index in [-0.39, 0.29) is 11.7 Å². The minimum absolute atomic E-state index is 0.157. The van der Waals surface area contributed by atoms with Gasteiger partial charge in [-0.3, -0.25) is 9.36 Å². The minimum atomic E-state index is -0.261. The number of rotatable bonds is 5. The molecule has 0 radical (unpaired) electrons. The van der Waals surface area contributed by atoms with E-state index in [4.69, 9.17) is 19.2 Å². The maximum atomic E-state index is 12.6. The molecule has 1 fully saturated rings. The summed E-state index contributed by atoms with van der Waals surface area (Å²) in [5.41, 5.74) is 1.84. The molecular formula is C21H23N5O4. The van der Waals surface area contributed by atoms with E-state index in [9.17, 15) is 4.79 Å². The average Bonchev–Trinajstić information content (AvgIpc) is 2.81. The summed E-state index contributed by atoms with van der Waals surface area (Å²) >= 11 is 0. The summed E-state index contributed by atoms with van der Waals surface area (Å²) in [7, 11) is 4.96. The molecule has 3 aromatic rings. The quantitative estimate of drug-likeness (QED) is 0.630. The second-order valence-corrected chi connectivity index (χ2v) is 6.85. The Hall–Kier alpha value is -3.46. The second-order valence-electron chi connectivity index (χ2n) is 6.85. The predicted octanol–water partition coefficient (Wildman–Crippen LogP) is 1.83. The molecule has 2 aromatic heterocycles. The van der Waals surface area contributed by atoms with Crippen LogP contribution in [0.25, 0.3) is 11.4 Å². The summed E-state index contributed by atoms with van der Waals surface area (Å²) in [5, 5.41) is 0. The van der Waals surface area contributed by atoms with Crippen LogP contribution >= 0.6 is 0 Å². The summed E-state index contributed by atoms with van der Waals surface area (Å²) < 4.78 is 18.4. The van der Waals surface area contributed by atoms with Crippen LogP contribution in [0.4, 0.5) is 5.95 Å². The van der Waals surface area contributed by atoms with Gasteiger partial charge in [-0.2, -0.15) is 0 Å². The van der Waals surface area contributed by atoms with E-state index in [0.717, 1.165) is 17.1 Å². The smallest absolute Gasteiger partial charge is 0.255 e. The molecule has 0 amide bonds. The van der Waals surface area contributed by atoms with E-state index in [1.807, 2.05) is 23.1 Å². The lowest BCUT2D eigenvalue weighted by Crippen LogP contribution is -2.41. The topological polar surface area (TPSA) is 91.6 Å². The van der Waals surface area contributed by atoms with E-state index >= 15 is 0 Å². The van der Waals surface area contributed by atoms with Crippen molar-refractivity contribution in [1.82, 2.24) is 19.5 Å². The number of morpholine rings is 1. The first-order chi connectivity index (χ1) is 14.6. The summed E-state index contributed by atoms with van der Waals surface area (Å²) in [4.78, 5) is 27.5. The number of hydrogen-bond donors (Lipinski definition) is 0. The highest BCUT2D eigenvalue weighted by Gasteiger charge is 2.27. The van der Waals surface area contributed by atoms with Gasteiger partial charge in [-0.1, -0.05) is 0 Å². The van der Waals surface area contributed by atoms with Crippen molar-refractivity contribution in [2.24, 2.45) is 7.05 Å². The van der Waals surface area contributed by atoms with Crippen molar-refractivity contribution in [2.75, 3.05) is 38.8 Å². The molecular weight excluding hydrogens is 386 g/mol. The van der Waals surface area contributed by atoms with Gasteiger partial charge in [-0.05, 0) is 24.3 Å². The third kappa shape index (κ3) is 3.84. The maximum absolute atomic E-state index is 12.6. The van der Waals surface area contributed by atoms with Crippen LogP contribution in [-0.2, 0) is 11.8 Å². The lowest BCUT2D eigenvalue weighted by atomic mass is 10.1. The number of aromatic nitrogens is 4. The highest BCUT2D eigenvalue weighted by molar-refractivity contribution is 5.55. The van der Waals surface area contributed by atoms with Crippen LogP contribution in [0.1, 0.15) is 11.7 Å². The molecule has 1 atom stereocenters. The van der Waals surface area contributed by atoms with Crippen LogP contribution in [0.3, 0.4) is 0 Å². The molecule has 1 aromatic carbocycles. The van der Waals surface area contributed by atoms with Gasteiger partial charge < -0.3 is 19.1 Å². The molecule has 9 nitrogen and oxygen atoms in total. The minimum Gasteiger partial charge on any atom is -0.497 e. The van der Waals surface area contributed by atoms with Crippen LogP contribution in [-0.4, -0.2) is 53.4 Å². The van der Waals surface area contributed by atoms with Crippen LogP contribution < -0.4 is 19.9 Å². The van der Waals surface area contributed by atoms with Gasteiger partial charge in [0.25, 0.3) is 5.56 Å². The zero-order valence-corrected chi connectivity index (χ0v) is 17.1. The Morgan fingerprint density at radius 1 is 1.13 bits per heavy atom.